The van der Waals surface area contributed by atoms with Crippen LogP contribution in [0.5, 0.6) is 0 Å². The van der Waals surface area contributed by atoms with E-state index in [1.165, 1.54) is 6.07 Å². The fourth-order valence-corrected chi connectivity index (χ4v) is 4.60. The predicted octanol–water partition coefficient (Wildman–Crippen LogP) is 3.59. The maximum Gasteiger partial charge on any atom is 0.267 e. The molecule has 0 aliphatic carbocycles. The topological polar surface area (TPSA) is 88.2 Å². The standard InChI is InChI=1S/C20H15N3O3S2/c24-20(22-23-28(25,26)19-11-6-12-27-19)16-13-18(14-7-2-1-3-8-14)21-17-10-5-4-9-15(16)17/h1-13,23H,(H,22,24). The number of hydrogen-bond acceptors (Lipinski definition) is 5. The number of sulfonamides is 1. The molecular weight excluding hydrogens is 394 g/mol. The summed E-state index contributed by atoms with van der Waals surface area (Å²) in [4.78, 5) is 19.6. The van der Waals surface area contributed by atoms with E-state index in [2.05, 4.69) is 15.2 Å². The maximum atomic E-state index is 12.8. The zero-order chi connectivity index (χ0) is 19.6. The number of aromatic nitrogens is 1. The lowest BCUT2D eigenvalue weighted by Gasteiger charge is -2.11. The maximum absolute atomic E-state index is 12.8. The minimum Gasteiger partial charge on any atom is -0.273 e. The van der Waals surface area contributed by atoms with Crippen molar-refractivity contribution in [2.75, 3.05) is 0 Å². The number of rotatable bonds is 5. The number of hydrazine groups is 1. The number of thiophene rings is 1. The third-order valence-corrected chi connectivity index (χ3v) is 6.73. The molecule has 2 aromatic carbocycles. The Morgan fingerprint density at radius 2 is 1.68 bits per heavy atom. The first-order valence-electron chi connectivity index (χ1n) is 8.35. The van der Waals surface area contributed by atoms with Gasteiger partial charge in [0.2, 0.25) is 0 Å². The molecule has 4 rings (SSSR count). The summed E-state index contributed by atoms with van der Waals surface area (Å²) in [5.41, 5.74) is 4.77. The van der Waals surface area contributed by atoms with Gasteiger partial charge in [0, 0.05) is 10.9 Å². The van der Waals surface area contributed by atoms with Crippen molar-refractivity contribution in [1.82, 2.24) is 15.2 Å². The van der Waals surface area contributed by atoms with E-state index in [0.717, 1.165) is 16.9 Å². The summed E-state index contributed by atoms with van der Waals surface area (Å²) in [6, 6.07) is 21.5. The first-order chi connectivity index (χ1) is 13.5. The molecule has 2 aromatic heterocycles. The van der Waals surface area contributed by atoms with E-state index in [1.807, 2.05) is 42.5 Å². The predicted molar refractivity (Wildman–Crippen MR) is 109 cm³/mol. The van der Waals surface area contributed by atoms with Crippen LogP contribution < -0.4 is 10.3 Å². The zero-order valence-electron chi connectivity index (χ0n) is 14.5. The Bertz CT molecular complexity index is 1240. The number of benzene rings is 2. The van der Waals surface area contributed by atoms with Crippen molar-refractivity contribution in [3.05, 3.63) is 83.7 Å². The van der Waals surface area contributed by atoms with Crippen molar-refractivity contribution >= 4 is 38.2 Å². The van der Waals surface area contributed by atoms with Crippen LogP contribution in [0.25, 0.3) is 22.2 Å². The van der Waals surface area contributed by atoms with Gasteiger partial charge in [0.25, 0.3) is 15.9 Å². The molecule has 4 aromatic rings. The normalized spacial score (nSPS) is 11.4. The molecule has 0 saturated heterocycles. The number of fused-ring (bicyclic) bond motifs is 1. The minimum atomic E-state index is -3.81. The lowest BCUT2D eigenvalue weighted by atomic mass is 10.0. The second kappa shape index (κ2) is 7.51. The van der Waals surface area contributed by atoms with Crippen molar-refractivity contribution in [3.8, 4) is 11.3 Å². The average Bonchev–Trinajstić information content (AvgIpc) is 3.28. The monoisotopic (exact) mass is 409 g/mol. The Hall–Kier alpha value is -3.07. The summed E-state index contributed by atoms with van der Waals surface area (Å²) in [5, 5.41) is 2.29. The number of nitrogens with zero attached hydrogens (tertiary/aromatic N) is 1. The van der Waals surface area contributed by atoms with Gasteiger partial charge in [-0.05, 0) is 23.6 Å². The third kappa shape index (κ3) is 3.65. The van der Waals surface area contributed by atoms with E-state index in [0.29, 0.717) is 22.2 Å². The van der Waals surface area contributed by atoms with Gasteiger partial charge in [-0.25, -0.2) is 13.4 Å². The van der Waals surface area contributed by atoms with E-state index >= 15 is 0 Å². The molecule has 0 aliphatic heterocycles. The summed E-state index contributed by atoms with van der Waals surface area (Å²) < 4.78 is 24.6. The Kier molecular flexibility index (Phi) is 4.91. The molecule has 1 amide bonds. The van der Waals surface area contributed by atoms with Crippen LogP contribution in [0.1, 0.15) is 10.4 Å². The van der Waals surface area contributed by atoms with E-state index in [9.17, 15) is 13.2 Å². The van der Waals surface area contributed by atoms with Gasteiger partial charge in [-0.1, -0.05) is 54.6 Å². The smallest absolute Gasteiger partial charge is 0.267 e. The molecule has 2 heterocycles. The number of amides is 1. The number of carbonyl (C=O) groups excluding carboxylic acids is 1. The van der Waals surface area contributed by atoms with Crippen molar-refractivity contribution in [2.45, 2.75) is 4.21 Å². The van der Waals surface area contributed by atoms with Gasteiger partial charge < -0.3 is 0 Å². The largest absolute Gasteiger partial charge is 0.273 e. The molecule has 28 heavy (non-hydrogen) atoms. The highest BCUT2D eigenvalue weighted by molar-refractivity contribution is 7.91. The summed E-state index contributed by atoms with van der Waals surface area (Å²) in [6.07, 6.45) is 0. The van der Waals surface area contributed by atoms with Crippen molar-refractivity contribution < 1.29 is 13.2 Å². The second-order valence-electron chi connectivity index (χ2n) is 5.93. The van der Waals surface area contributed by atoms with Gasteiger partial charge in [0.1, 0.15) is 4.21 Å². The molecule has 0 spiro atoms. The number of para-hydroxylation sites is 1. The van der Waals surface area contributed by atoms with Gasteiger partial charge in [0.05, 0.1) is 16.8 Å². The Balaban J connectivity index is 1.70. The van der Waals surface area contributed by atoms with Crippen LogP contribution in [0.2, 0.25) is 0 Å². The van der Waals surface area contributed by atoms with Crippen LogP contribution in [0.4, 0.5) is 0 Å². The molecule has 0 aliphatic rings. The molecule has 0 radical (unpaired) electrons. The quantitative estimate of drug-likeness (QED) is 0.493. The number of carbonyl (C=O) groups is 1. The lowest BCUT2D eigenvalue weighted by Crippen LogP contribution is -2.41. The van der Waals surface area contributed by atoms with E-state index in [1.54, 1.807) is 29.6 Å². The molecule has 140 valence electrons. The Labute approximate surface area is 165 Å². The highest BCUT2D eigenvalue weighted by Gasteiger charge is 2.18. The molecule has 8 heteroatoms. The Morgan fingerprint density at radius 1 is 0.929 bits per heavy atom. The van der Waals surface area contributed by atoms with Crippen LogP contribution in [0, 0.1) is 0 Å². The SMILES string of the molecule is O=C(NNS(=O)(=O)c1cccs1)c1cc(-c2ccccc2)nc2ccccc12. The highest BCUT2D eigenvalue weighted by atomic mass is 32.2. The van der Waals surface area contributed by atoms with Gasteiger partial charge in [-0.2, -0.15) is 0 Å². The minimum absolute atomic E-state index is 0.123. The van der Waals surface area contributed by atoms with Crippen LogP contribution in [0.15, 0.2) is 82.4 Å². The lowest BCUT2D eigenvalue weighted by molar-refractivity contribution is 0.0947. The third-order valence-electron chi connectivity index (χ3n) is 4.09. The second-order valence-corrected chi connectivity index (χ2v) is 8.79. The van der Waals surface area contributed by atoms with Gasteiger partial charge in [-0.15, -0.1) is 16.2 Å². The van der Waals surface area contributed by atoms with Crippen LogP contribution >= 0.6 is 11.3 Å². The first kappa shape index (κ1) is 18.3. The van der Waals surface area contributed by atoms with Crippen molar-refractivity contribution in [3.63, 3.8) is 0 Å². The molecule has 0 saturated carbocycles. The molecule has 6 nitrogen and oxygen atoms in total. The van der Waals surface area contributed by atoms with Crippen LogP contribution in [0.3, 0.4) is 0 Å². The van der Waals surface area contributed by atoms with Crippen molar-refractivity contribution in [1.29, 1.82) is 0 Å². The fourth-order valence-electron chi connectivity index (χ4n) is 2.77. The zero-order valence-corrected chi connectivity index (χ0v) is 16.1. The summed E-state index contributed by atoms with van der Waals surface area (Å²) >= 11 is 1.07. The average molecular weight is 409 g/mol. The number of pyridine rings is 1. The summed E-state index contributed by atoms with van der Waals surface area (Å²) in [6.45, 7) is 0. The van der Waals surface area contributed by atoms with Gasteiger partial charge in [-0.3, -0.25) is 10.2 Å². The molecular formula is C20H15N3O3S2. The molecule has 0 bridgehead atoms. The Morgan fingerprint density at radius 3 is 2.43 bits per heavy atom. The van der Waals surface area contributed by atoms with Crippen LogP contribution in [-0.4, -0.2) is 19.3 Å². The molecule has 0 unspecified atom stereocenters. The van der Waals surface area contributed by atoms with Gasteiger partial charge >= 0.3 is 0 Å². The van der Waals surface area contributed by atoms with E-state index in [-0.39, 0.29) is 4.21 Å². The van der Waals surface area contributed by atoms with E-state index < -0.39 is 15.9 Å². The molecule has 2 N–H and O–H groups in total. The number of hydrogen-bond donors (Lipinski definition) is 2. The fraction of sp³-hybridized carbons (Fsp3) is 0. The van der Waals surface area contributed by atoms with Gasteiger partial charge in [0.15, 0.2) is 0 Å². The summed E-state index contributed by atoms with van der Waals surface area (Å²) in [7, 11) is -3.81. The first-order valence-corrected chi connectivity index (χ1v) is 10.7. The van der Waals surface area contributed by atoms with E-state index in [4.69, 9.17) is 0 Å². The summed E-state index contributed by atoms with van der Waals surface area (Å²) in [5.74, 6) is -0.559. The number of nitrogens with one attached hydrogen (secondary N) is 2. The highest BCUT2D eigenvalue weighted by Crippen LogP contribution is 2.24. The van der Waals surface area contributed by atoms with Crippen LogP contribution in [-0.2, 0) is 10.0 Å². The molecule has 0 atom stereocenters. The molecule has 0 fully saturated rings. The van der Waals surface area contributed by atoms with Crippen molar-refractivity contribution in [2.24, 2.45) is 0 Å².